The highest BCUT2D eigenvalue weighted by Gasteiger charge is 2.04. The Morgan fingerprint density at radius 1 is 1.54 bits per heavy atom. The Balaban J connectivity index is 2.22. The van der Waals surface area contributed by atoms with Gasteiger partial charge in [-0.05, 0) is 39.5 Å². The van der Waals surface area contributed by atoms with E-state index in [0.717, 1.165) is 19.4 Å². The molecule has 4 heteroatoms. The smallest absolute Gasteiger partial charge is 0.0942 e. The van der Waals surface area contributed by atoms with E-state index < -0.39 is 0 Å². The molecule has 0 saturated heterocycles. The monoisotopic (exact) mass is 199 g/mol. The summed E-state index contributed by atoms with van der Waals surface area (Å²) in [5.74, 6) is 0. The average Bonchev–Trinajstić information content (AvgIpc) is 2.55. The molecular weight excluding hydrogens is 182 g/mol. The molecule has 0 bridgehead atoms. The Labute approximate surface area is 85.1 Å². The molecule has 1 rings (SSSR count). The van der Waals surface area contributed by atoms with Crippen molar-refractivity contribution in [1.82, 2.24) is 14.7 Å². The molecule has 74 valence electrons. The average molecular weight is 199 g/mol. The molecule has 0 fully saturated rings. The Bertz CT molecular complexity index is 221. The largest absolute Gasteiger partial charge is 0.309 e. The topological polar surface area (TPSA) is 21.1 Å². The summed E-state index contributed by atoms with van der Waals surface area (Å²) in [6, 6.07) is 1.93. The fourth-order valence-electron chi connectivity index (χ4n) is 1.18. The van der Waals surface area contributed by atoms with E-state index >= 15 is 0 Å². The Hall–Kier alpha value is -0.480. The molecule has 1 aromatic rings. The second-order valence-electron chi connectivity index (χ2n) is 3.41. The lowest BCUT2D eigenvalue weighted by Crippen LogP contribution is -2.14. The third-order valence-electron chi connectivity index (χ3n) is 1.90. The molecule has 0 N–H and O–H groups in total. The molecule has 1 aromatic heterocycles. The van der Waals surface area contributed by atoms with Crippen LogP contribution in [0.5, 0.6) is 0 Å². The van der Waals surface area contributed by atoms with Crippen molar-refractivity contribution in [3.63, 3.8) is 0 Å². The summed E-state index contributed by atoms with van der Waals surface area (Å²) in [4.78, 5) is 2.18. The number of nitrogens with zero attached hydrogens (tertiary/aromatic N) is 3. The van der Waals surface area contributed by atoms with Gasteiger partial charge in [0.2, 0.25) is 0 Å². The van der Waals surface area contributed by atoms with Crippen molar-refractivity contribution < 1.29 is 0 Å². The molecule has 1 unspecified atom stereocenters. The summed E-state index contributed by atoms with van der Waals surface area (Å²) < 4.78 is 1.89. The van der Waals surface area contributed by atoms with Crippen LogP contribution < -0.4 is 0 Å². The van der Waals surface area contributed by atoms with Crippen molar-refractivity contribution in [2.45, 2.75) is 18.2 Å². The van der Waals surface area contributed by atoms with Gasteiger partial charge in [0.1, 0.15) is 0 Å². The van der Waals surface area contributed by atoms with E-state index in [1.807, 2.05) is 16.9 Å². The van der Waals surface area contributed by atoms with Gasteiger partial charge in [-0.3, -0.25) is 4.68 Å². The van der Waals surface area contributed by atoms with Crippen LogP contribution in [0.25, 0.3) is 0 Å². The van der Waals surface area contributed by atoms with Crippen molar-refractivity contribution in [2.24, 2.45) is 0 Å². The summed E-state index contributed by atoms with van der Waals surface area (Å²) in [6.07, 6.45) is 5.95. The van der Waals surface area contributed by atoms with Crippen LogP contribution in [-0.2, 0) is 0 Å². The molecule has 0 amide bonds. The van der Waals surface area contributed by atoms with E-state index in [9.17, 15) is 0 Å². The van der Waals surface area contributed by atoms with Gasteiger partial charge in [-0.15, -0.1) is 0 Å². The van der Waals surface area contributed by atoms with Crippen LogP contribution in [0.1, 0.15) is 18.2 Å². The van der Waals surface area contributed by atoms with Crippen LogP contribution in [0.3, 0.4) is 0 Å². The van der Waals surface area contributed by atoms with E-state index in [2.05, 4.69) is 36.7 Å². The minimum absolute atomic E-state index is 0.218. The normalized spacial score (nSPS) is 13.5. The van der Waals surface area contributed by atoms with Crippen molar-refractivity contribution >= 4 is 12.6 Å². The van der Waals surface area contributed by atoms with E-state index in [-0.39, 0.29) is 5.37 Å². The van der Waals surface area contributed by atoms with Gasteiger partial charge < -0.3 is 4.90 Å². The van der Waals surface area contributed by atoms with Gasteiger partial charge in [0, 0.05) is 12.4 Å². The Kier molecular flexibility index (Phi) is 4.32. The zero-order valence-electron chi connectivity index (χ0n) is 8.22. The maximum Gasteiger partial charge on any atom is 0.0942 e. The molecule has 0 radical (unpaired) electrons. The Morgan fingerprint density at radius 3 is 2.85 bits per heavy atom. The molecule has 0 aliphatic carbocycles. The van der Waals surface area contributed by atoms with E-state index in [0.29, 0.717) is 0 Å². The zero-order chi connectivity index (χ0) is 9.68. The standard InChI is InChI=1S/C9H17N3S/c1-11(2)7-3-5-9(13)12-8-4-6-10-12/h4,6,8-9,13H,3,5,7H2,1-2H3. The molecule has 1 atom stereocenters. The second kappa shape index (κ2) is 5.29. The zero-order valence-corrected chi connectivity index (χ0v) is 9.11. The van der Waals surface area contributed by atoms with E-state index in [1.165, 1.54) is 0 Å². The van der Waals surface area contributed by atoms with Gasteiger partial charge in [-0.25, -0.2) is 0 Å². The summed E-state index contributed by atoms with van der Waals surface area (Å²) in [6.45, 7) is 1.11. The predicted molar refractivity (Wildman–Crippen MR) is 58.0 cm³/mol. The maximum atomic E-state index is 4.47. The maximum absolute atomic E-state index is 4.47. The van der Waals surface area contributed by atoms with Crippen molar-refractivity contribution in [1.29, 1.82) is 0 Å². The van der Waals surface area contributed by atoms with Gasteiger partial charge >= 0.3 is 0 Å². The number of rotatable bonds is 5. The molecular formula is C9H17N3S. The predicted octanol–water partition coefficient (Wildman–Crippen LogP) is 1.65. The molecule has 0 saturated carbocycles. The number of thiol groups is 1. The molecule has 3 nitrogen and oxygen atoms in total. The summed E-state index contributed by atoms with van der Waals surface area (Å²) >= 11 is 4.47. The molecule has 13 heavy (non-hydrogen) atoms. The van der Waals surface area contributed by atoms with Gasteiger partial charge in [-0.1, -0.05) is 0 Å². The van der Waals surface area contributed by atoms with E-state index in [1.54, 1.807) is 6.20 Å². The highest BCUT2D eigenvalue weighted by Crippen LogP contribution is 2.16. The molecule has 0 aliphatic heterocycles. The fourth-order valence-corrected chi connectivity index (χ4v) is 1.50. The quantitative estimate of drug-likeness (QED) is 0.728. The van der Waals surface area contributed by atoms with E-state index in [4.69, 9.17) is 0 Å². The number of hydrogen-bond acceptors (Lipinski definition) is 3. The first-order chi connectivity index (χ1) is 6.20. The minimum Gasteiger partial charge on any atom is -0.309 e. The summed E-state index contributed by atoms with van der Waals surface area (Å²) in [7, 11) is 4.17. The number of aromatic nitrogens is 2. The first-order valence-electron chi connectivity index (χ1n) is 4.52. The van der Waals surface area contributed by atoms with Crippen LogP contribution in [0.15, 0.2) is 18.5 Å². The van der Waals surface area contributed by atoms with Gasteiger partial charge in [0.25, 0.3) is 0 Å². The highest BCUT2D eigenvalue weighted by atomic mass is 32.1. The third-order valence-corrected chi connectivity index (χ3v) is 2.39. The highest BCUT2D eigenvalue weighted by molar-refractivity contribution is 7.80. The Morgan fingerprint density at radius 2 is 2.31 bits per heavy atom. The van der Waals surface area contributed by atoms with Gasteiger partial charge in [0.05, 0.1) is 5.37 Å². The van der Waals surface area contributed by atoms with Gasteiger partial charge in [-0.2, -0.15) is 17.7 Å². The van der Waals surface area contributed by atoms with Crippen LogP contribution in [0, 0.1) is 0 Å². The molecule has 0 aromatic carbocycles. The van der Waals surface area contributed by atoms with Crippen molar-refractivity contribution in [3.05, 3.63) is 18.5 Å². The second-order valence-corrected chi connectivity index (χ2v) is 4.01. The first-order valence-corrected chi connectivity index (χ1v) is 5.03. The fraction of sp³-hybridized carbons (Fsp3) is 0.667. The first kappa shape index (κ1) is 10.6. The van der Waals surface area contributed by atoms with Gasteiger partial charge in [0.15, 0.2) is 0 Å². The van der Waals surface area contributed by atoms with Crippen LogP contribution in [-0.4, -0.2) is 35.3 Å². The molecule has 0 aliphatic rings. The lowest BCUT2D eigenvalue weighted by molar-refractivity contribution is 0.383. The van der Waals surface area contributed by atoms with Crippen LogP contribution in [0.4, 0.5) is 0 Å². The van der Waals surface area contributed by atoms with Crippen LogP contribution >= 0.6 is 12.6 Å². The van der Waals surface area contributed by atoms with Crippen LogP contribution in [0.2, 0.25) is 0 Å². The minimum atomic E-state index is 0.218. The summed E-state index contributed by atoms with van der Waals surface area (Å²) in [5, 5.41) is 4.36. The third kappa shape index (κ3) is 3.83. The molecule has 0 spiro atoms. The lowest BCUT2D eigenvalue weighted by Gasteiger charge is -2.13. The van der Waals surface area contributed by atoms with Crippen molar-refractivity contribution in [2.75, 3.05) is 20.6 Å². The SMILES string of the molecule is CN(C)CCCC(S)n1cccn1. The lowest BCUT2D eigenvalue weighted by atomic mass is 10.3. The summed E-state index contributed by atoms with van der Waals surface area (Å²) in [5.41, 5.74) is 0. The van der Waals surface area contributed by atoms with Crippen molar-refractivity contribution in [3.8, 4) is 0 Å². The number of hydrogen-bond donors (Lipinski definition) is 1. The molecule has 1 heterocycles.